The Kier molecular flexibility index (Phi) is 6.60. The lowest BCUT2D eigenvalue weighted by atomic mass is 10.00. The van der Waals surface area contributed by atoms with Crippen molar-refractivity contribution in [3.8, 4) is 17.0 Å². The van der Waals surface area contributed by atoms with Gasteiger partial charge in [-0.25, -0.2) is 4.39 Å². The summed E-state index contributed by atoms with van der Waals surface area (Å²) in [5, 5.41) is 12.1. The molecule has 5 rings (SSSR count). The van der Waals surface area contributed by atoms with Crippen molar-refractivity contribution in [2.75, 3.05) is 31.6 Å². The predicted octanol–water partition coefficient (Wildman–Crippen LogP) is 4.50. The fourth-order valence-electron chi connectivity index (χ4n) is 5.05. The Morgan fingerprint density at radius 2 is 2.00 bits per heavy atom. The number of aromatic nitrogens is 3. The number of nitrogens with one attached hydrogen (secondary N) is 1. The van der Waals surface area contributed by atoms with Gasteiger partial charge in [0, 0.05) is 38.0 Å². The van der Waals surface area contributed by atoms with Crippen molar-refractivity contribution in [1.82, 2.24) is 19.5 Å². The van der Waals surface area contributed by atoms with Crippen LogP contribution in [0.3, 0.4) is 0 Å². The van der Waals surface area contributed by atoms with Crippen LogP contribution in [0.5, 0.6) is 5.75 Å². The molecule has 0 aliphatic carbocycles. The summed E-state index contributed by atoms with van der Waals surface area (Å²) in [4.78, 5) is 2.52. The van der Waals surface area contributed by atoms with E-state index in [2.05, 4.69) is 25.2 Å². The summed E-state index contributed by atoms with van der Waals surface area (Å²) in [7, 11) is 0. The number of hydrogen-bond donors (Lipinski definition) is 1. The maximum Gasteiger partial charge on any atom is 0.387 e. The summed E-state index contributed by atoms with van der Waals surface area (Å²) in [5.41, 5.74) is 1.05. The van der Waals surface area contributed by atoms with E-state index in [1.165, 1.54) is 12.1 Å². The minimum Gasteiger partial charge on any atom is -0.434 e. The molecule has 182 valence electrons. The lowest BCUT2D eigenvalue weighted by Gasteiger charge is -2.40. The molecular weight excluding hydrogens is 447 g/mol. The van der Waals surface area contributed by atoms with Gasteiger partial charge in [0.1, 0.15) is 17.3 Å². The molecule has 2 aliphatic rings. The van der Waals surface area contributed by atoms with E-state index in [9.17, 15) is 13.2 Å². The summed E-state index contributed by atoms with van der Waals surface area (Å²) >= 11 is 0. The van der Waals surface area contributed by atoms with Gasteiger partial charge in [-0.2, -0.15) is 8.78 Å². The van der Waals surface area contributed by atoms with Crippen LogP contribution in [0.15, 0.2) is 30.5 Å². The smallest absolute Gasteiger partial charge is 0.387 e. The Morgan fingerprint density at radius 3 is 2.79 bits per heavy atom. The molecule has 10 heteroatoms. The number of hydrogen-bond acceptors (Lipinski definition) is 6. The number of ether oxygens (including phenoxy) is 2. The Morgan fingerprint density at radius 1 is 1.18 bits per heavy atom. The van der Waals surface area contributed by atoms with E-state index in [0.717, 1.165) is 52.0 Å². The standard InChI is InChI=1S/C24H28F3N5O2/c1-15-12-18(25)21(20(13-15)34-23(26)27)22-19-5-3-9-32(19)24(30-29-22)28-16-4-2-8-31(14-16)17-6-10-33-11-7-17/h3,5,9,12-13,16-17,23H,2,4,6-8,10-11,14H2,1H3,(H,28,30)/t16-/m1/s1. The molecule has 2 aromatic heterocycles. The van der Waals surface area contributed by atoms with Gasteiger partial charge in [-0.05, 0) is 69.0 Å². The normalized spacial score (nSPS) is 20.2. The lowest BCUT2D eigenvalue weighted by molar-refractivity contribution is -0.0496. The summed E-state index contributed by atoms with van der Waals surface area (Å²) in [6.45, 7) is 2.12. The molecule has 4 heterocycles. The Labute approximate surface area is 195 Å². The molecule has 1 aromatic carbocycles. The van der Waals surface area contributed by atoms with Crippen LogP contribution in [0, 0.1) is 12.7 Å². The third-order valence-corrected chi connectivity index (χ3v) is 6.61. The van der Waals surface area contributed by atoms with Gasteiger partial charge in [-0.1, -0.05) is 0 Å². The molecular formula is C24H28F3N5O2. The van der Waals surface area contributed by atoms with Crippen LogP contribution >= 0.6 is 0 Å². The minimum atomic E-state index is -3.08. The molecule has 0 unspecified atom stereocenters. The molecule has 1 atom stereocenters. The number of fused-ring (bicyclic) bond motifs is 1. The van der Waals surface area contributed by atoms with Crippen molar-refractivity contribution in [1.29, 1.82) is 0 Å². The predicted molar refractivity (Wildman–Crippen MR) is 122 cm³/mol. The fourth-order valence-corrected chi connectivity index (χ4v) is 5.05. The van der Waals surface area contributed by atoms with Crippen LogP contribution in [0.1, 0.15) is 31.2 Å². The average molecular weight is 476 g/mol. The molecule has 0 radical (unpaired) electrons. The lowest BCUT2D eigenvalue weighted by Crippen LogP contribution is -2.49. The number of benzene rings is 1. The van der Waals surface area contributed by atoms with Gasteiger partial charge in [0.25, 0.3) is 0 Å². The number of rotatable bonds is 6. The molecule has 0 amide bonds. The third kappa shape index (κ3) is 4.69. The van der Waals surface area contributed by atoms with E-state index in [-0.39, 0.29) is 23.0 Å². The van der Waals surface area contributed by atoms with Crippen molar-refractivity contribution in [3.63, 3.8) is 0 Å². The topological polar surface area (TPSA) is 63.9 Å². The quantitative estimate of drug-likeness (QED) is 0.567. The van der Waals surface area contributed by atoms with Gasteiger partial charge in [0.2, 0.25) is 5.95 Å². The molecule has 0 bridgehead atoms. The number of nitrogens with zero attached hydrogens (tertiary/aromatic N) is 4. The second kappa shape index (κ2) is 9.79. The van der Waals surface area contributed by atoms with Gasteiger partial charge in [-0.3, -0.25) is 9.30 Å². The van der Waals surface area contributed by atoms with Gasteiger partial charge < -0.3 is 14.8 Å². The van der Waals surface area contributed by atoms with Crippen molar-refractivity contribution < 1.29 is 22.6 Å². The van der Waals surface area contributed by atoms with E-state index in [1.54, 1.807) is 29.7 Å². The fraction of sp³-hybridized carbons (Fsp3) is 0.500. The first-order valence-electron chi connectivity index (χ1n) is 11.7. The number of halogens is 3. The first kappa shape index (κ1) is 22.9. The van der Waals surface area contributed by atoms with Crippen LogP contribution < -0.4 is 10.1 Å². The van der Waals surface area contributed by atoms with Gasteiger partial charge >= 0.3 is 6.61 Å². The Hall–Kier alpha value is -2.85. The molecule has 2 fully saturated rings. The number of likely N-dealkylation sites (tertiary alicyclic amines) is 1. The zero-order valence-electron chi connectivity index (χ0n) is 19.0. The summed E-state index contributed by atoms with van der Waals surface area (Å²) in [5.74, 6) is -0.412. The first-order chi connectivity index (χ1) is 16.5. The van der Waals surface area contributed by atoms with Gasteiger partial charge in [-0.15, -0.1) is 10.2 Å². The number of alkyl halides is 2. The summed E-state index contributed by atoms with van der Waals surface area (Å²) < 4.78 is 52.9. The van der Waals surface area contributed by atoms with E-state index < -0.39 is 12.4 Å². The molecule has 2 saturated heterocycles. The highest BCUT2D eigenvalue weighted by Crippen LogP contribution is 2.36. The van der Waals surface area contributed by atoms with E-state index in [0.29, 0.717) is 23.1 Å². The summed E-state index contributed by atoms with van der Waals surface area (Å²) in [6, 6.07) is 6.93. The molecule has 3 aromatic rings. The molecule has 2 aliphatic heterocycles. The number of anilines is 1. The van der Waals surface area contributed by atoms with Crippen LogP contribution in [-0.4, -0.2) is 64.5 Å². The molecule has 34 heavy (non-hydrogen) atoms. The van der Waals surface area contributed by atoms with E-state index >= 15 is 0 Å². The summed E-state index contributed by atoms with van der Waals surface area (Å²) in [6.07, 6.45) is 5.99. The van der Waals surface area contributed by atoms with Crippen molar-refractivity contribution >= 4 is 11.5 Å². The van der Waals surface area contributed by atoms with Crippen LogP contribution in [0.2, 0.25) is 0 Å². The largest absolute Gasteiger partial charge is 0.434 e. The number of piperidine rings is 1. The van der Waals surface area contributed by atoms with Gasteiger partial charge in [0.05, 0.1) is 11.1 Å². The van der Waals surface area contributed by atoms with E-state index in [1.807, 2.05) is 0 Å². The van der Waals surface area contributed by atoms with Crippen LogP contribution in [-0.2, 0) is 4.74 Å². The van der Waals surface area contributed by atoms with E-state index in [4.69, 9.17) is 4.74 Å². The second-order valence-corrected chi connectivity index (χ2v) is 8.96. The second-order valence-electron chi connectivity index (χ2n) is 8.96. The van der Waals surface area contributed by atoms with Gasteiger partial charge in [0.15, 0.2) is 0 Å². The van der Waals surface area contributed by atoms with Crippen LogP contribution in [0.25, 0.3) is 16.8 Å². The average Bonchev–Trinajstić information content (AvgIpc) is 3.31. The molecule has 0 spiro atoms. The highest BCUT2D eigenvalue weighted by atomic mass is 19.3. The van der Waals surface area contributed by atoms with Crippen molar-refractivity contribution in [2.45, 2.75) is 51.3 Å². The zero-order valence-corrected chi connectivity index (χ0v) is 19.0. The molecule has 7 nitrogen and oxygen atoms in total. The van der Waals surface area contributed by atoms with Crippen molar-refractivity contribution in [2.24, 2.45) is 0 Å². The number of aryl methyl sites for hydroxylation is 1. The monoisotopic (exact) mass is 475 g/mol. The minimum absolute atomic E-state index is 0.128. The zero-order chi connectivity index (χ0) is 23.7. The molecule has 0 saturated carbocycles. The maximum atomic E-state index is 14.9. The first-order valence-corrected chi connectivity index (χ1v) is 11.7. The molecule has 1 N–H and O–H groups in total. The van der Waals surface area contributed by atoms with Crippen LogP contribution in [0.4, 0.5) is 19.1 Å². The SMILES string of the molecule is Cc1cc(F)c(-c2nnc(N[C@@H]3CCCN(C4CCOCC4)C3)n3cccc23)c(OC(F)F)c1. The van der Waals surface area contributed by atoms with Crippen molar-refractivity contribution in [3.05, 3.63) is 41.8 Å². The highest BCUT2D eigenvalue weighted by Gasteiger charge is 2.28. The Balaban J connectivity index is 1.43. The highest BCUT2D eigenvalue weighted by molar-refractivity contribution is 5.82. The maximum absolute atomic E-state index is 14.9. The third-order valence-electron chi connectivity index (χ3n) is 6.61. The Bertz CT molecular complexity index is 1150.